The number of aliphatic hydroxyl groups is 4. The molecule has 4 heteroatoms. The highest BCUT2D eigenvalue weighted by molar-refractivity contribution is 4.50. The Labute approximate surface area is 40.6 Å². The molecule has 4 N–H and O–H groups in total. The van der Waals surface area contributed by atoms with Crippen LogP contribution >= 0.6 is 0 Å². The maximum Gasteiger partial charge on any atom is 0.180 e. The van der Waals surface area contributed by atoms with Crippen LogP contribution in [0.2, 0.25) is 0 Å². The van der Waals surface area contributed by atoms with E-state index in [4.69, 9.17) is 20.4 Å². The van der Waals surface area contributed by atoms with Crippen molar-refractivity contribution in [3.63, 3.8) is 0 Å². The molecule has 0 radical (unpaired) electrons. The van der Waals surface area contributed by atoms with Crippen LogP contribution in [0.15, 0.2) is 0 Å². The lowest BCUT2D eigenvalue weighted by atomic mass is 10.4. The van der Waals surface area contributed by atoms with Gasteiger partial charge in [-0.1, -0.05) is 0 Å². The van der Waals surface area contributed by atoms with E-state index < -0.39 is 19.0 Å². The van der Waals surface area contributed by atoms with E-state index in [1.165, 1.54) is 0 Å². The second-order valence-electron chi connectivity index (χ2n) is 1.16. The van der Waals surface area contributed by atoms with Crippen LogP contribution in [0, 0.1) is 0 Å². The molecule has 44 valence electrons. The summed E-state index contributed by atoms with van der Waals surface area (Å²) in [5.74, 6) is 0. The molecule has 0 aromatic rings. The second-order valence-corrected chi connectivity index (χ2v) is 1.16. The Kier molecular flexibility index (Phi) is 2.86. The minimum Gasteiger partial charge on any atom is -0.393 e. The van der Waals surface area contributed by atoms with Gasteiger partial charge in [-0.25, -0.2) is 0 Å². The predicted octanol–water partition coefficient (Wildman–Crippen LogP) is -2.35. The first-order valence-corrected chi connectivity index (χ1v) is 1.83. The molecule has 0 aliphatic carbocycles. The predicted molar refractivity (Wildman–Crippen MR) is 21.3 cm³/mol. The summed E-state index contributed by atoms with van der Waals surface area (Å²) in [6.45, 7) is -0.627. The lowest BCUT2D eigenvalue weighted by molar-refractivity contribution is -0.134. The lowest BCUT2D eigenvalue weighted by Gasteiger charge is -2.06. The van der Waals surface area contributed by atoms with Crippen LogP contribution in [-0.4, -0.2) is 39.4 Å². The quantitative estimate of drug-likeness (QED) is 0.298. The molecule has 0 saturated heterocycles. The molecular formula is C3H8O4. The van der Waals surface area contributed by atoms with Crippen LogP contribution in [0.1, 0.15) is 0 Å². The van der Waals surface area contributed by atoms with E-state index in [-0.39, 0.29) is 0 Å². The third-order valence-electron chi connectivity index (χ3n) is 0.531. The van der Waals surface area contributed by atoms with Crippen molar-refractivity contribution in [2.75, 3.05) is 6.61 Å². The zero-order valence-corrected chi connectivity index (χ0v) is 3.65. The Balaban J connectivity index is 3.14. The molecule has 0 fully saturated rings. The normalized spacial score (nSPS) is 15.0. The third-order valence-corrected chi connectivity index (χ3v) is 0.531. The standard InChI is InChI=1S/C3H8O4/c4-1-2(5)3(6)7/h2-7H,1H2/t2-/m0/s1. The largest absolute Gasteiger partial charge is 0.393 e. The minimum atomic E-state index is -1.83. The highest BCUT2D eigenvalue weighted by Gasteiger charge is 2.08. The minimum absolute atomic E-state index is 0.627. The average molecular weight is 108 g/mol. The molecule has 0 aliphatic rings. The lowest BCUT2D eigenvalue weighted by Crippen LogP contribution is -2.28. The Morgan fingerprint density at radius 3 is 1.57 bits per heavy atom. The zero-order chi connectivity index (χ0) is 5.86. The first-order chi connectivity index (χ1) is 3.18. The van der Waals surface area contributed by atoms with Gasteiger partial charge in [0.2, 0.25) is 0 Å². The number of rotatable bonds is 2. The van der Waals surface area contributed by atoms with Crippen molar-refractivity contribution >= 4 is 0 Å². The molecule has 0 aliphatic heterocycles. The fourth-order valence-electron chi connectivity index (χ4n) is 0.0943. The van der Waals surface area contributed by atoms with Crippen LogP contribution in [0.25, 0.3) is 0 Å². The summed E-state index contributed by atoms with van der Waals surface area (Å²) in [4.78, 5) is 0. The fourth-order valence-corrected chi connectivity index (χ4v) is 0.0943. The molecule has 7 heavy (non-hydrogen) atoms. The topological polar surface area (TPSA) is 80.9 Å². The molecule has 0 unspecified atom stereocenters. The second kappa shape index (κ2) is 2.92. The van der Waals surface area contributed by atoms with Crippen molar-refractivity contribution < 1.29 is 20.4 Å². The summed E-state index contributed by atoms with van der Waals surface area (Å²) < 4.78 is 0. The summed E-state index contributed by atoms with van der Waals surface area (Å²) in [5, 5.41) is 32.1. The Morgan fingerprint density at radius 1 is 1.14 bits per heavy atom. The molecule has 0 rings (SSSR count). The molecule has 0 spiro atoms. The third kappa shape index (κ3) is 2.52. The van der Waals surface area contributed by atoms with Crippen molar-refractivity contribution in [1.29, 1.82) is 0 Å². The van der Waals surface area contributed by atoms with E-state index in [0.717, 1.165) is 0 Å². The summed E-state index contributed by atoms with van der Waals surface area (Å²) in [6.07, 6.45) is -3.26. The van der Waals surface area contributed by atoms with E-state index in [1.807, 2.05) is 0 Å². The van der Waals surface area contributed by atoms with Crippen LogP contribution in [0.5, 0.6) is 0 Å². The van der Waals surface area contributed by atoms with E-state index in [2.05, 4.69) is 0 Å². The van der Waals surface area contributed by atoms with Gasteiger partial charge >= 0.3 is 0 Å². The van der Waals surface area contributed by atoms with Crippen molar-refractivity contribution in [3.05, 3.63) is 0 Å². The van der Waals surface area contributed by atoms with Crippen molar-refractivity contribution in [1.82, 2.24) is 0 Å². The van der Waals surface area contributed by atoms with Crippen molar-refractivity contribution in [2.45, 2.75) is 12.4 Å². The summed E-state index contributed by atoms with van der Waals surface area (Å²) in [7, 11) is 0. The summed E-state index contributed by atoms with van der Waals surface area (Å²) >= 11 is 0. The van der Waals surface area contributed by atoms with E-state index >= 15 is 0 Å². The van der Waals surface area contributed by atoms with E-state index in [0.29, 0.717) is 0 Å². The summed E-state index contributed by atoms with van der Waals surface area (Å²) in [6, 6.07) is 0. The van der Waals surface area contributed by atoms with Gasteiger partial charge in [-0.05, 0) is 0 Å². The maximum absolute atomic E-state index is 8.19. The Morgan fingerprint density at radius 2 is 1.57 bits per heavy atom. The monoisotopic (exact) mass is 108 g/mol. The first kappa shape index (κ1) is 6.84. The number of hydrogen-bond donors (Lipinski definition) is 4. The Bertz CT molecular complexity index is 44.2. The number of aliphatic hydroxyl groups excluding tert-OH is 3. The number of hydrogen-bond acceptors (Lipinski definition) is 4. The van der Waals surface area contributed by atoms with Crippen LogP contribution in [-0.2, 0) is 0 Å². The van der Waals surface area contributed by atoms with Crippen LogP contribution in [0.4, 0.5) is 0 Å². The molecule has 0 aromatic heterocycles. The molecule has 0 amide bonds. The molecule has 0 bridgehead atoms. The highest BCUT2D eigenvalue weighted by atomic mass is 16.5. The van der Waals surface area contributed by atoms with Gasteiger partial charge in [0.15, 0.2) is 6.29 Å². The van der Waals surface area contributed by atoms with Crippen LogP contribution < -0.4 is 0 Å². The highest BCUT2D eigenvalue weighted by Crippen LogP contribution is 1.83. The molecule has 0 heterocycles. The first-order valence-electron chi connectivity index (χ1n) is 1.83. The Hall–Kier alpha value is -0.160. The van der Waals surface area contributed by atoms with Gasteiger partial charge < -0.3 is 20.4 Å². The van der Waals surface area contributed by atoms with Gasteiger partial charge in [0, 0.05) is 0 Å². The van der Waals surface area contributed by atoms with Gasteiger partial charge in [-0.3, -0.25) is 0 Å². The zero-order valence-electron chi connectivity index (χ0n) is 3.65. The molecule has 0 saturated carbocycles. The molecule has 4 nitrogen and oxygen atoms in total. The fraction of sp³-hybridized carbons (Fsp3) is 1.00. The van der Waals surface area contributed by atoms with Crippen molar-refractivity contribution in [3.8, 4) is 0 Å². The molecular weight excluding hydrogens is 100 g/mol. The molecule has 0 aromatic carbocycles. The summed E-state index contributed by atoms with van der Waals surface area (Å²) in [5.41, 5.74) is 0. The van der Waals surface area contributed by atoms with Crippen molar-refractivity contribution in [2.24, 2.45) is 0 Å². The smallest absolute Gasteiger partial charge is 0.180 e. The maximum atomic E-state index is 8.19. The van der Waals surface area contributed by atoms with Gasteiger partial charge in [0.1, 0.15) is 6.10 Å². The van der Waals surface area contributed by atoms with Gasteiger partial charge in [0.25, 0.3) is 0 Å². The SMILES string of the molecule is OC[C@H](O)C(O)O. The van der Waals surface area contributed by atoms with E-state index in [1.54, 1.807) is 0 Å². The molecule has 1 atom stereocenters. The average Bonchev–Trinajstić information content (AvgIpc) is 1.65. The van der Waals surface area contributed by atoms with Gasteiger partial charge in [0.05, 0.1) is 6.61 Å². The van der Waals surface area contributed by atoms with Gasteiger partial charge in [-0.2, -0.15) is 0 Å². The van der Waals surface area contributed by atoms with Crippen LogP contribution in [0.3, 0.4) is 0 Å². The van der Waals surface area contributed by atoms with E-state index in [9.17, 15) is 0 Å². The van der Waals surface area contributed by atoms with Gasteiger partial charge in [-0.15, -0.1) is 0 Å².